The number of hydrogen-bond acceptors (Lipinski definition) is 3. The van der Waals surface area contributed by atoms with E-state index in [-0.39, 0.29) is 5.88 Å². The van der Waals surface area contributed by atoms with Crippen LogP contribution in [0.25, 0.3) is 0 Å². The third-order valence-corrected chi connectivity index (χ3v) is 2.20. The van der Waals surface area contributed by atoms with E-state index in [1.54, 1.807) is 0 Å². The topological polar surface area (TPSA) is 59.4 Å². The minimum absolute atomic E-state index is 0.302. The van der Waals surface area contributed by atoms with Gasteiger partial charge in [0, 0.05) is 6.20 Å². The van der Waals surface area contributed by atoms with Gasteiger partial charge in [-0.15, -0.1) is 0 Å². The molecule has 4 nitrogen and oxygen atoms in total. The van der Waals surface area contributed by atoms with Gasteiger partial charge in [0.1, 0.15) is 4.90 Å². The zero-order valence-corrected chi connectivity index (χ0v) is 8.22. The van der Waals surface area contributed by atoms with Crippen molar-refractivity contribution in [2.24, 2.45) is 0 Å². The third-order valence-electron chi connectivity index (χ3n) is 1.53. The maximum Gasteiger partial charge on any atom is 0.417 e. The number of methoxy groups -OCH3 is 1. The van der Waals surface area contributed by atoms with Crippen LogP contribution in [0.1, 0.15) is 5.56 Å². The highest BCUT2D eigenvalue weighted by atomic mass is 32.2. The molecule has 0 bridgehead atoms. The molecule has 0 saturated heterocycles. The van der Waals surface area contributed by atoms with E-state index in [0.717, 1.165) is 7.11 Å². The summed E-state index contributed by atoms with van der Waals surface area (Å²) in [4.78, 5) is 2.78. The summed E-state index contributed by atoms with van der Waals surface area (Å²) < 4.78 is 60.6. The Bertz CT molecular complexity index is 394. The van der Waals surface area contributed by atoms with Crippen molar-refractivity contribution < 1.29 is 26.7 Å². The second-order valence-electron chi connectivity index (χ2n) is 2.48. The Balaban J connectivity index is 3.28. The Morgan fingerprint density at radius 2 is 2.13 bits per heavy atom. The predicted molar refractivity (Wildman–Crippen MR) is 44.8 cm³/mol. The number of ether oxygens (including phenoxy) is 1. The maximum atomic E-state index is 12.2. The third kappa shape index (κ3) is 2.66. The van der Waals surface area contributed by atoms with E-state index in [2.05, 4.69) is 9.72 Å². The Hall–Kier alpha value is -1.15. The summed E-state index contributed by atoms with van der Waals surface area (Å²) >= 11 is -2.57. The first-order valence-electron chi connectivity index (χ1n) is 3.58. The molecule has 15 heavy (non-hydrogen) atoms. The van der Waals surface area contributed by atoms with E-state index in [1.807, 2.05) is 0 Å². The average molecular weight is 241 g/mol. The van der Waals surface area contributed by atoms with Crippen molar-refractivity contribution in [3.05, 3.63) is 17.8 Å². The van der Waals surface area contributed by atoms with Gasteiger partial charge in [0.15, 0.2) is 11.1 Å². The Kier molecular flexibility index (Phi) is 3.30. The molecule has 0 radical (unpaired) electrons. The van der Waals surface area contributed by atoms with Crippen LogP contribution in [0.5, 0.6) is 5.88 Å². The molecule has 1 aromatic rings. The van der Waals surface area contributed by atoms with Crippen LogP contribution in [-0.2, 0) is 17.3 Å². The Labute approximate surface area is 85.4 Å². The van der Waals surface area contributed by atoms with E-state index in [9.17, 15) is 17.4 Å². The highest BCUT2D eigenvalue weighted by molar-refractivity contribution is 7.79. The van der Waals surface area contributed by atoms with Crippen LogP contribution in [0.15, 0.2) is 17.2 Å². The van der Waals surface area contributed by atoms with Crippen LogP contribution in [0.4, 0.5) is 13.2 Å². The fraction of sp³-hybridized carbons (Fsp3) is 0.286. The van der Waals surface area contributed by atoms with Gasteiger partial charge in [-0.1, -0.05) is 0 Å². The Morgan fingerprint density at radius 1 is 1.53 bits per heavy atom. The molecule has 0 aliphatic rings. The van der Waals surface area contributed by atoms with Gasteiger partial charge in [-0.05, 0) is 6.07 Å². The fourth-order valence-electron chi connectivity index (χ4n) is 0.865. The van der Waals surface area contributed by atoms with Crippen LogP contribution in [0.3, 0.4) is 0 Å². The number of pyridine rings is 1. The molecule has 0 fully saturated rings. The lowest BCUT2D eigenvalue weighted by atomic mass is 10.3. The minimum atomic E-state index is -4.60. The van der Waals surface area contributed by atoms with Crippen molar-refractivity contribution >= 4 is 11.1 Å². The summed E-state index contributed by atoms with van der Waals surface area (Å²) in [6.07, 6.45) is -4.07. The van der Waals surface area contributed by atoms with E-state index < -0.39 is 27.7 Å². The first kappa shape index (κ1) is 11.9. The number of rotatable bonds is 2. The van der Waals surface area contributed by atoms with Crippen LogP contribution < -0.4 is 4.74 Å². The molecule has 84 valence electrons. The molecule has 0 saturated carbocycles. The van der Waals surface area contributed by atoms with Gasteiger partial charge in [-0.3, -0.25) is 0 Å². The van der Waals surface area contributed by atoms with Gasteiger partial charge in [-0.25, -0.2) is 9.19 Å². The van der Waals surface area contributed by atoms with Crippen molar-refractivity contribution in [3.63, 3.8) is 0 Å². The molecule has 1 N–H and O–H groups in total. The zero-order chi connectivity index (χ0) is 11.6. The van der Waals surface area contributed by atoms with E-state index in [1.165, 1.54) is 0 Å². The highest BCUT2D eigenvalue weighted by Crippen LogP contribution is 2.31. The molecule has 0 aromatic carbocycles. The smallest absolute Gasteiger partial charge is 0.417 e. The summed E-state index contributed by atoms with van der Waals surface area (Å²) in [5.41, 5.74) is -1.10. The van der Waals surface area contributed by atoms with E-state index in [4.69, 9.17) is 4.55 Å². The van der Waals surface area contributed by atoms with Gasteiger partial charge in [0.2, 0.25) is 5.88 Å². The normalized spacial score (nSPS) is 13.7. The van der Waals surface area contributed by atoms with Crippen molar-refractivity contribution in [1.82, 2.24) is 4.98 Å². The number of halogens is 3. The summed E-state index contributed by atoms with van der Waals surface area (Å²) in [5.74, 6) is -0.302. The quantitative estimate of drug-likeness (QED) is 0.800. The fourth-order valence-corrected chi connectivity index (χ4v) is 1.38. The monoisotopic (exact) mass is 241 g/mol. The molecular formula is C7H6F3NO3S. The van der Waals surface area contributed by atoms with Crippen LogP contribution in [-0.4, -0.2) is 20.9 Å². The number of alkyl halides is 3. The first-order chi connectivity index (χ1) is 6.86. The minimum Gasteiger partial charge on any atom is -0.480 e. The SMILES string of the molecule is COc1ncc(C(F)(F)F)cc1S(=O)O. The van der Waals surface area contributed by atoms with Crippen molar-refractivity contribution in [1.29, 1.82) is 0 Å². The molecule has 0 aliphatic carbocycles. The van der Waals surface area contributed by atoms with Gasteiger partial charge in [0.25, 0.3) is 0 Å². The summed E-state index contributed by atoms with van der Waals surface area (Å²) in [6.45, 7) is 0. The molecule has 1 aromatic heterocycles. The summed E-state index contributed by atoms with van der Waals surface area (Å²) in [6, 6.07) is 0.530. The second kappa shape index (κ2) is 4.15. The predicted octanol–water partition coefficient (Wildman–Crippen LogP) is 1.69. The largest absolute Gasteiger partial charge is 0.480 e. The second-order valence-corrected chi connectivity index (χ2v) is 3.42. The van der Waals surface area contributed by atoms with Crippen molar-refractivity contribution in [2.75, 3.05) is 7.11 Å². The summed E-state index contributed by atoms with van der Waals surface area (Å²) in [7, 11) is 1.14. The van der Waals surface area contributed by atoms with E-state index >= 15 is 0 Å². The first-order valence-corrected chi connectivity index (χ1v) is 4.69. The summed E-state index contributed by atoms with van der Waals surface area (Å²) in [5, 5.41) is 0. The molecule has 0 spiro atoms. The lowest BCUT2D eigenvalue weighted by molar-refractivity contribution is -0.138. The molecule has 8 heteroatoms. The van der Waals surface area contributed by atoms with Gasteiger partial charge in [0.05, 0.1) is 12.7 Å². The van der Waals surface area contributed by atoms with Gasteiger partial charge in [-0.2, -0.15) is 13.2 Å². The highest BCUT2D eigenvalue weighted by Gasteiger charge is 2.32. The lowest BCUT2D eigenvalue weighted by Gasteiger charge is -2.09. The Morgan fingerprint density at radius 3 is 2.53 bits per heavy atom. The van der Waals surface area contributed by atoms with E-state index in [0.29, 0.717) is 12.3 Å². The van der Waals surface area contributed by atoms with Crippen LogP contribution in [0, 0.1) is 0 Å². The molecule has 1 unspecified atom stereocenters. The molecular weight excluding hydrogens is 235 g/mol. The van der Waals surface area contributed by atoms with Crippen molar-refractivity contribution in [3.8, 4) is 5.88 Å². The zero-order valence-electron chi connectivity index (χ0n) is 7.41. The maximum absolute atomic E-state index is 12.2. The number of nitrogens with zero attached hydrogens (tertiary/aromatic N) is 1. The molecule has 1 atom stereocenters. The lowest BCUT2D eigenvalue weighted by Crippen LogP contribution is -2.08. The average Bonchev–Trinajstić information content (AvgIpc) is 2.15. The molecule has 1 rings (SSSR count). The standard InChI is InChI=1S/C7H6F3NO3S/c1-14-6-5(15(12)13)2-4(3-11-6)7(8,9)10/h2-3H,1H3,(H,12,13). The van der Waals surface area contributed by atoms with Crippen LogP contribution >= 0.6 is 0 Å². The molecule has 0 amide bonds. The van der Waals surface area contributed by atoms with Gasteiger partial charge < -0.3 is 9.29 Å². The molecule has 0 aliphatic heterocycles. The number of hydrogen-bond donors (Lipinski definition) is 1. The van der Waals surface area contributed by atoms with Gasteiger partial charge >= 0.3 is 6.18 Å². The van der Waals surface area contributed by atoms with Crippen molar-refractivity contribution in [2.45, 2.75) is 11.1 Å². The molecule has 1 heterocycles. The number of aromatic nitrogens is 1. The van der Waals surface area contributed by atoms with Crippen LogP contribution in [0.2, 0.25) is 0 Å².